The van der Waals surface area contributed by atoms with Crippen molar-refractivity contribution in [3.8, 4) is 0 Å². The first-order chi connectivity index (χ1) is 9.44. The summed E-state index contributed by atoms with van der Waals surface area (Å²) >= 11 is 0. The second-order valence-corrected chi connectivity index (χ2v) is 6.77. The summed E-state index contributed by atoms with van der Waals surface area (Å²) in [6.07, 6.45) is 5.48. The maximum atomic E-state index is 12.0. The van der Waals surface area contributed by atoms with Crippen molar-refractivity contribution in [1.29, 1.82) is 0 Å². The fraction of sp³-hybridized carbons (Fsp3) is 0.867. The molecule has 0 radical (unpaired) electrons. The van der Waals surface area contributed by atoms with E-state index in [0.29, 0.717) is 30.8 Å². The van der Waals surface area contributed by atoms with Crippen LogP contribution in [0.1, 0.15) is 52.4 Å². The van der Waals surface area contributed by atoms with E-state index in [0.717, 1.165) is 12.8 Å². The average Bonchev–Trinajstić information content (AvgIpc) is 2.67. The molecule has 2 fully saturated rings. The zero-order chi connectivity index (χ0) is 14.7. The van der Waals surface area contributed by atoms with Crippen LogP contribution in [0.3, 0.4) is 0 Å². The fourth-order valence-corrected chi connectivity index (χ4v) is 3.55. The van der Waals surface area contributed by atoms with Crippen LogP contribution >= 0.6 is 0 Å². The molecule has 0 aromatic carbocycles. The summed E-state index contributed by atoms with van der Waals surface area (Å²) in [6.45, 7) is 3.93. The van der Waals surface area contributed by atoms with Crippen molar-refractivity contribution in [3.05, 3.63) is 0 Å². The second-order valence-electron chi connectivity index (χ2n) is 6.77. The minimum absolute atomic E-state index is 0.107. The van der Waals surface area contributed by atoms with Gasteiger partial charge in [-0.25, -0.2) is 4.79 Å². The van der Waals surface area contributed by atoms with E-state index >= 15 is 0 Å². The maximum absolute atomic E-state index is 12.0. The number of hydrogen-bond acceptors (Lipinski definition) is 3. The Kier molecular flexibility index (Phi) is 5.02. The molecule has 1 amide bonds. The highest BCUT2D eigenvalue weighted by atomic mass is 16.4. The Hall–Kier alpha value is -1.10. The van der Waals surface area contributed by atoms with Crippen LogP contribution in [0.4, 0.5) is 0 Å². The SMILES string of the molecule is CC(C)C[C@H](NC(=O)CC1CC2CCC(C1)N2)C(=O)O. The fourth-order valence-electron chi connectivity index (χ4n) is 3.55. The van der Waals surface area contributed by atoms with Gasteiger partial charge in [0.25, 0.3) is 0 Å². The minimum Gasteiger partial charge on any atom is -0.480 e. The van der Waals surface area contributed by atoms with Crippen LogP contribution in [0, 0.1) is 11.8 Å². The van der Waals surface area contributed by atoms with Gasteiger partial charge in [-0.3, -0.25) is 4.79 Å². The predicted octanol–water partition coefficient (Wildman–Crippen LogP) is 1.52. The molecule has 0 saturated carbocycles. The molecule has 0 spiro atoms. The summed E-state index contributed by atoms with van der Waals surface area (Å²) in [7, 11) is 0. The number of piperidine rings is 1. The van der Waals surface area contributed by atoms with Crippen molar-refractivity contribution in [2.75, 3.05) is 0 Å². The number of amides is 1. The van der Waals surface area contributed by atoms with Gasteiger partial charge in [-0.2, -0.15) is 0 Å². The molecule has 5 nitrogen and oxygen atoms in total. The lowest BCUT2D eigenvalue weighted by Crippen LogP contribution is -2.44. The van der Waals surface area contributed by atoms with Gasteiger partial charge in [-0.1, -0.05) is 13.8 Å². The highest BCUT2D eigenvalue weighted by Gasteiger charge is 2.34. The molecule has 0 aromatic heterocycles. The zero-order valence-corrected chi connectivity index (χ0v) is 12.4. The number of aliphatic carboxylic acids is 1. The number of nitrogens with one attached hydrogen (secondary N) is 2. The van der Waals surface area contributed by atoms with Crippen molar-refractivity contribution in [1.82, 2.24) is 10.6 Å². The van der Waals surface area contributed by atoms with Gasteiger partial charge in [0.2, 0.25) is 5.91 Å². The van der Waals surface area contributed by atoms with E-state index < -0.39 is 12.0 Å². The highest BCUT2D eigenvalue weighted by molar-refractivity contribution is 5.83. The van der Waals surface area contributed by atoms with Crippen molar-refractivity contribution in [2.24, 2.45) is 11.8 Å². The lowest BCUT2D eigenvalue weighted by Gasteiger charge is -2.29. The van der Waals surface area contributed by atoms with Gasteiger partial charge < -0.3 is 15.7 Å². The van der Waals surface area contributed by atoms with E-state index in [1.54, 1.807) is 0 Å². The van der Waals surface area contributed by atoms with E-state index in [2.05, 4.69) is 10.6 Å². The standard InChI is InChI=1S/C15H26N2O3/c1-9(2)5-13(15(19)20)17-14(18)8-10-6-11-3-4-12(7-10)16-11/h9-13,16H,3-8H2,1-2H3,(H,17,18)(H,19,20)/t10?,11?,12?,13-/m0/s1. The molecular formula is C15H26N2O3. The predicted molar refractivity (Wildman–Crippen MR) is 76.3 cm³/mol. The summed E-state index contributed by atoms with van der Waals surface area (Å²) < 4.78 is 0. The molecule has 2 aliphatic rings. The first-order valence-electron chi connectivity index (χ1n) is 7.72. The molecule has 2 aliphatic heterocycles. The molecule has 0 aliphatic carbocycles. The lowest BCUT2D eigenvalue weighted by atomic mass is 9.89. The number of carbonyl (C=O) groups is 2. The van der Waals surface area contributed by atoms with Gasteiger partial charge >= 0.3 is 5.97 Å². The first-order valence-corrected chi connectivity index (χ1v) is 7.72. The summed E-state index contributed by atoms with van der Waals surface area (Å²) in [5.41, 5.74) is 0. The summed E-state index contributed by atoms with van der Waals surface area (Å²) in [5, 5.41) is 15.4. The Bertz CT molecular complexity index is 358. The van der Waals surface area contributed by atoms with Gasteiger partial charge in [-0.15, -0.1) is 0 Å². The number of carbonyl (C=O) groups excluding carboxylic acids is 1. The Balaban J connectivity index is 1.80. The lowest BCUT2D eigenvalue weighted by molar-refractivity contribution is -0.142. The number of hydrogen-bond donors (Lipinski definition) is 3. The number of carboxylic acid groups (broad SMARTS) is 1. The van der Waals surface area contributed by atoms with Gasteiger partial charge in [0.1, 0.15) is 6.04 Å². The summed E-state index contributed by atoms with van der Waals surface area (Å²) in [5.74, 6) is -0.379. The molecule has 2 heterocycles. The van der Waals surface area contributed by atoms with Gasteiger partial charge in [-0.05, 0) is 43.9 Å². The molecule has 114 valence electrons. The normalized spacial score (nSPS) is 30.2. The Morgan fingerprint density at radius 3 is 2.35 bits per heavy atom. The Morgan fingerprint density at radius 2 is 1.85 bits per heavy atom. The van der Waals surface area contributed by atoms with E-state index in [9.17, 15) is 9.59 Å². The number of carboxylic acids is 1. The largest absolute Gasteiger partial charge is 0.480 e. The van der Waals surface area contributed by atoms with Crippen molar-refractivity contribution in [2.45, 2.75) is 70.5 Å². The molecular weight excluding hydrogens is 256 g/mol. The molecule has 3 atom stereocenters. The molecule has 3 N–H and O–H groups in total. The quantitative estimate of drug-likeness (QED) is 0.690. The highest BCUT2D eigenvalue weighted by Crippen LogP contribution is 2.32. The van der Waals surface area contributed by atoms with E-state index in [4.69, 9.17) is 5.11 Å². The van der Waals surface area contributed by atoms with E-state index in [1.807, 2.05) is 13.8 Å². The Morgan fingerprint density at radius 1 is 1.25 bits per heavy atom. The molecule has 2 unspecified atom stereocenters. The van der Waals surface area contributed by atoms with Gasteiger partial charge in [0.05, 0.1) is 0 Å². The van der Waals surface area contributed by atoms with Crippen LogP contribution in [0.5, 0.6) is 0 Å². The molecule has 0 aromatic rings. The zero-order valence-electron chi connectivity index (χ0n) is 12.4. The van der Waals surface area contributed by atoms with Crippen LogP contribution < -0.4 is 10.6 Å². The van der Waals surface area contributed by atoms with Gasteiger partial charge in [0.15, 0.2) is 0 Å². The monoisotopic (exact) mass is 282 g/mol. The minimum atomic E-state index is -0.933. The van der Waals surface area contributed by atoms with Crippen LogP contribution in [0.15, 0.2) is 0 Å². The van der Waals surface area contributed by atoms with Crippen LogP contribution in [-0.4, -0.2) is 35.1 Å². The van der Waals surface area contributed by atoms with Gasteiger partial charge in [0, 0.05) is 18.5 Å². The van der Waals surface area contributed by atoms with Crippen LogP contribution in [0.25, 0.3) is 0 Å². The molecule has 5 heteroatoms. The summed E-state index contributed by atoms with van der Waals surface area (Å²) in [4.78, 5) is 23.2. The third kappa shape index (κ3) is 4.20. The molecule has 2 rings (SSSR count). The maximum Gasteiger partial charge on any atom is 0.326 e. The third-order valence-corrected chi connectivity index (χ3v) is 4.39. The van der Waals surface area contributed by atoms with Crippen LogP contribution in [-0.2, 0) is 9.59 Å². The topological polar surface area (TPSA) is 78.4 Å². The smallest absolute Gasteiger partial charge is 0.326 e. The Labute approximate surface area is 120 Å². The van der Waals surface area contributed by atoms with Crippen molar-refractivity contribution in [3.63, 3.8) is 0 Å². The summed E-state index contributed by atoms with van der Waals surface area (Å²) in [6, 6.07) is 0.385. The number of rotatable bonds is 6. The van der Waals surface area contributed by atoms with Crippen molar-refractivity contribution >= 4 is 11.9 Å². The third-order valence-electron chi connectivity index (χ3n) is 4.39. The van der Waals surface area contributed by atoms with E-state index in [-0.39, 0.29) is 11.8 Å². The van der Waals surface area contributed by atoms with Crippen molar-refractivity contribution < 1.29 is 14.7 Å². The second kappa shape index (κ2) is 6.57. The first kappa shape index (κ1) is 15.3. The molecule has 2 saturated heterocycles. The number of fused-ring (bicyclic) bond motifs is 2. The van der Waals surface area contributed by atoms with E-state index in [1.165, 1.54) is 12.8 Å². The molecule has 20 heavy (non-hydrogen) atoms. The molecule has 2 bridgehead atoms. The average molecular weight is 282 g/mol. The van der Waals surface area contributed by atoms with Crippen LogP contribution in [0.2, 0.25) is 0 Å².